The number of rotatable bonds is 8. The Kier molecular flexibility index (Phi) is 7.83. The Hall–Kier alpha value is -4.26. The first-order valence-electron chi connectivity index (χ1n) is 13.4. The SMILES string of the molecule is Cc1cccc(CN2CC(NC(=O)C(C)(C)Oc3ccc(CF)cn3)Cc3cc(-c4ccc(F)cc4)ccc32)c1. The van der Waals surface area contributed by atoms with E-state index in [9.17, 15) is 13.6 Å². The zero-order chi connectivity index (χ0) is 28.3. The highest BCUT2D eigenvalue weighted by Gasteiger charge is 2.34. The van der Waals surface area contributed by atoms with Crippen LogP contribution in [0.15, 0.2) is 85.1 Å². The first kappa shape index (κ1) is 27.3. The minimum absolute atomic E-state index is 0.168. The number of carbonyl (C=O) groups is 1. The van der Waals surface area contributed by atoms with E-state index in [-0.39, 0.29) is 23.6 Å². The van der Waals surface area contributed by atoms with Crippen LogP contribution in [0.1, 0.15) is 36.1 Å². The van der Waals surface area contributed by atoms with Gasteiger partial charge >= 0.3 is 0 Å². The largest absolute Gasteiger partial charge is 0.462 e. The van der Waals surface area contributed by atoms with Gasteiger partial charge < -0.3 is 15.0 Å². The molecule has 40 heavy (non-hydrogen) atoms. The summed E-state index contributed by atoms with van der Waals surface area (Å²) in [5.74, 6) is -0.272. The number of nitrogens with one attached hydrogen (secondary N) is 1. The minimum atomic E-state index is -1.19. The summed E-state index contributed by atoms with van der Waals surface area (Å²) in [4.78, 5) is 19.8. The third-order valence-corrected chi connectivity index (χ3v) is 7.15. The summed E-state index contributed by atoms with van der Waals surface area (Å²) in [6.45, 7) is 6.18. The molecule has 1 aliphatic heterocycles. The topological polar surface area (TPSA) is 54.5 Å². The molecule has 0 radical (unpaired) electrons. The number of hydrogen-bond donors (Lipinski definition) is 1. The lowest BCUT2D eigenvalue weighted by molar-refractivity contribution is -0.135. The summed E-state index contributed by atoms with van der Waals surface area (Å²) in [6, 6.07) is 24.2. The fourth-order valence-corrected chi connectivity index (χ4v) is 5.07. The molecule has 1 amide bonds. The fourth-order valence-electron chi connectivity index (χ4n) is 5.07. The van der Waals surface area contributed by atoms with Crippen LogP contribution in [0.3, 0.4) is 0 Å². The van der Waals surface area contributed by atoms with Gasteiger partial charge in [-0.1, -0.05) is 48.0 Å². The summed E-state index contributed by atoms with van der Waals surface area (Å²) >= 11 is 0. The maximum Gasteiger partial charge on any atom is 0.263 e. The molecule has 1 unspecified atom stereocenters. The second-order valence-corrected chi connectivity index (χ2v) is 10.8. The fraction of sp³-hybridized carbons (Fsp3) is 0.273. The highest BCUT2D eigenvalue weighted by Crippen LogP contribution is 2.33. The monoisotopic (exact) mass is 541 g/mol. The van der Waals surface area contributed by atoms with E-state index in [0.717, 1.165) is 22.4 Å². The Bertz CT molecular complexity index is 1490. The number of aryl methyl sites for hydroxylation is 1. The minimum Gasteiger partial charge on any atom is -0.462 e. The third-order valence-electron chi connectivity index (χ3n) is 7.15. The van der Waals surface area contributed by atoms with Gasteiger partial charge in [-0.3, -0.25) is 4.79 Å². The van der Waals surface area contributed by atoms with E-state index >= 15 is 0 Å². The van der Waals surface area contributed by atoms with Crippen LogP contribution in [0.25, 0.3) is 11.1 Å². The van der Waals surface area contributed by atoms with Gasteiger partial charge in [0.2, 0.25) is 5.88 Å². The number of nitrogens with zero attached hydrogens (tertiary/aromatic N) is 2. The molecule has 5 nitrogen and oxygen atoms in total. The van der Waals surface area contributed by atoms with Crippen molar-refractivity contribution in [2.24, 2.45) is 0 Å². The number of hydrogen-bond acceptors (Lipinski definition) is 4. The zero-order valence-electron chi connectivity index (χ0n) is 23.0. The van der Waals surface area contributed by atoms with E-state index in [2.05, 4.69) is 64.6 Å². The molecule has 0 fully saturated rings. The second-order valence-electron chi connectivity index (χ2n) is 10.8. The lowest BCUT2D eigenvalue weighted by Gasteiger charge is -2.38. The van der Waals surface area contributed by atoms with Crippen LogP contribution in [0, 0.1) is 12.7 Å². The molecule has 0 aliphatic carbocycles. The molecular weight excluding hydrogens is 508 g/mol. The molecule has 4 aromatic rings. The quantitative estimate of drug-likeness (QED) is 0.274. The van der Waals surface area contributed by atoms with Crippen LogP contribution >= 0.6 is 0 Å². The lowest BCUT2D eigenvalue weighted by atomic mass is 9.93. The summed E-state index contributed by atoms with van der Waals surface area (Å²) in [5, 5.41) is 3.19. The average molecular weight is 542 g/mol. The Morgan fingerprint density at radius 3 is 2.50 bits per heavy atom. The van der Waals surface area contributed by atoms with Crippen molar-refractivity contribution in [2.45, 2.75) is 52.1 Å². The van der Waals surface area contributed by atoms with Gasteiger partial charge in [-0.05, 0) is 79.8 Å². The van der Waals surface area contributed by atoms with Crippen molar-refractivity contribution in [1.82, 2.24) is 10.3 Å². The predicted octanol–water partition coefficient (Wildman–Crippen LogP) is 6.57. The average Bonchev–Trinajstić information content (AvgIpc) is 2.93. The number of ether oxygens (including phenoxy) is 1. The molecule has 7 heteroatoms. The number of aromatic nitrogens is 1. The summed E-state index contributed by atoms with van der Waals surface area (Å²) in [6.07, 6.45) is 2.04. The number of carbonyl (C=O) groups excluding carboxylic acids is 1. The van der Waals surface area contributed by atoms with E-state index < -0.39 is 12.3 Å². The predicted molar refractivity (Wildman–Crippen MR) is 153 cm³/mol. The van der Waals surface area contributed by atoms with Gasteiger partial charge in [-0.25, -0.2) is 13.8 Å². The maximum absolute atomic E-state index is 13.5. The molecule has 3 aromatic carbocycles. The van der Waals surface area contributed by atoms with E-state index in [0.29, 0.717) is 25.1 Å². The van der Waals surface area contributed by atoms with Gasteiger partial charge in [0.1, 0.15) is 12.5 Å². The molecule has 0 bridgehead atoms. The highest BCUT2D eigenvalue weighted by molar-refractivity contribution is 5.85. The van der Waals surface area contributed by atoms with Crippen LogP contribution in [0.2, 0.25) is 0 Å². The van der Waals surface area contributed by atoms with Gasteiger partial charge in [0.05, 0.1) is 6.04 Å². The maximum atomic E-state index is 13.5. The van der Waals surface area contributed by atoms with Crippen molar-refractivity contribution in [3.8, 4) is 17.0 Å². The Morgan fingerprint density at radius 1 is 1.02 bits per heavy atom. The number of fused-ring (bicyclic) bond motifs is 1. The molecule has 0 saturated carbocycles. The Morgan fingerprint density at radius 2 is 1.80 bits per heavy atom. The summed E-state index contributed by atoms with van der Waals surface area (Å²) < 4.78 is 32.3. The number of pyridine rings is 1. The van der Waals surface area contributed by atoms with Crippen LogP contribution in [0.4, 0.5) is 14.5 Å². The van der Waals surface area contributed by atoms with E-state index in [1.165, 1.54) is 29.5 Å². The van der Waals surface area contributed by atoms with Gasteiger partial charge in [0, 0.05) is 36.6 Å². The Balaban J connectivity index is 1.39. The van der Waals surface area contributed by atoms with E-state index in [4.69, 9.17) is 4.74 Å². The standard InChI is InChI=1S/C33H33F2N3O2/c1-22-5-4-6-23(15-22)20-38-21-29(37-32(39)33(2,3)40-31-14-7-24(18-34)19-36-31)17-27-16-26(10-13-30(27)38)25-8-11-28(35)12-9-25/h4-16,19,29H,17-18,20-21H2,1-3H3,(H,37,39). The number of amides is 1. The van der Waals surface area contributed by atoms with Gasteiger partial charge in [-0.2, -0.15) is 0 Å². The molecule has 1 aromatic heterocycles. The van der Waals surface area contributed by atoms with Crippen molar-refractivity contribution in [3.05, 3.63) is 113 Å². The molecule has 2 heterocycles. The summed E-state index contributed by atoms with van der Waals surface area (Å²) in [7, 11) is 0. The molecule has 1 aliphatic rings. The molecule has 206 valence electrons. The van der Waals surface area contributed by atoms with Crippen LogP contribution in [0.5, 0.6) is 5.88 Å². The van der Waals surface area contributed by atoms with Gasteiger partial charge in [0.25, 0.3) is 5.91 Å². The zero-order valence-corrected chi connectivity index (χ0v) is 23.0. The molecule has 0 spiro atoms. The molecule has 1 atom stereocenters. The molecule has 1 N–H and O–H groups in total. The normalized spacial score (nSPS) is 14.9. The summed E-state index contributed by atoms with van der Waals surface area (Å²) in [5.41, 5.74) is 5.78. The van der Waals surface area contributed by atoms with Gasteiger partial charge in [-0.15, -0.1) is 0 Å². The van der Waals surface area contributed by atoms with Crippen molar-refractivity contribution < 1.29 is 18.3 Å². The number of benzene rings is 3. The van der Waals surface area contributed by atoms with Gasteiger partial charge in [0.15, 0.2) is 5.60 Å². The van der Waals surface area contributed by atoms with Crippen LogP contribution < -0.4 is 15.0 Å². The molecule has 5 rings (SSSR count). The molecule has 0 saturated heterocycles. The van der Waals surface area contributed by atoms with E-state index in [1.807, 2.05) is 0 Å². The van der Waals surface area contributed by atoms with Crippen molar-refractivity contribution >= 4 is 11.6 Å². The second kappa shape index (κ2) is 11.5. The number of halogens is 2. The first-order chi connectivity index (χ1) is 19.2. The smallest absolute Gasteiger partial charge is 0.263 e. The number of anilines is 1. The third kappa shape index (κ3) is 6.30. The van der Waals surface area contributed by atoms with Crippen molar-refractivity contribution in [1.29, 1.82) is 0 Å². The highest BCUT2D eigenvalue weighted by atomic mass is 19.1. The van der Waals surface area contributed by atoms with Crippen LogP contribution in [-0.2, 0) is 24.4 Å². The first-order valence-corrected chi connectivity index (χ1v) is 13.4. The van der Waals surface area contributed by atoms with Crippen molar-refractivity contribution in [2.75, 3.05) is 11.4 Å². The molecular formula is C33H33F2N3O2. The Labute approximate surface area is 233 Å². The van der Waals surface area contributed by atoms with Crippen LogP contribution in [-0.4, -0.2) is 29.1 Å². The van der Waals surface area contributed by atoms with Crippen molar-refractivity contribution in [3.63, 3.8) is 0 Å². The van der Waals surface area contributed by atoms with E-state index in [1.54, 1.807) is 38.1 Å². The lowest BCUT2D eigenvalue weighted by Crippen LogP contribution is -2.55. The number of alkyl halides is 1.